The predicted molar refractivity (Wildman–Crippen MR) is 74.0 cm³/mol. The van der Waals surface area contributed by atoms with Gasteiger partial charge in [0.25, 0.3) is 5.56 Å². The van der Waals surface area contributed by atoms with E-state index in [1.807, 2.05) is 0 Å². The Bertz CT molecular complexity index is 713. The van der Waals surface area contributed by atoms with E-state index in [9.17, 15) is 9.59 Å². The first-order chi connectivity index (χ1) is 9.49. The van der Waals surface area contributed by atoms with Crippen LogP contribution < -0.4 is 5.56 Å². The third kappa shape index (κ3) is 2.85. The summed E-state index contributed by atoms with van der Waals surface area (Å²) in [6, 6.07) is 1.68. The molecule has 0 unspecified atom stereocenters. The molecule has 1 N–H and O–H groups in total. The van der Waals surface area contributed by atoms with Crippen molar-refractivity contribution >= 4 is 29.3 Å². The maximum absolute atomic E-state index is 12.3. The summed E-state index contributed by atoms with van der Waals surface area (Å²) in [6.07, 6.45) is 3.14. The van der Waals surface area contributed by atoms with Gasteiger partial charge in [-0.1, -0.05) is 0 Å². The quantitative estimate of drug-likeness (QED) is 0.498. The highest BCUT2D eigenvalue weighted by molar-refractivity contribution is 5.75. The fraction of sp³-hybridized carbons (Fsp3) is 0.333. The number of hydrogen-bond donors (Lipinski definition) is 1. The Morgan fingerprint density at radius 2 is 2.35 bits per heavy atom. The molecule has 20 heavy (non-hydrogen) atoms. The molecule has 0 aliphatic carbocycles. The number of ether oxygens (including phenoxy) is 1. The van der Waals surface area contributed by atoms with E-state index in [0.29, 0.717) is 11.0 Å². The average molecular weight is 277 g/mol. The minimum absolute atomic E-state index is 0.178. The summed E-state index contributed by atoms with van der Waals surface area (Å²) in [5.74, 6) is -0.303. The maximum Gasteiger partial charge on any atom is 0.304 e. The second-order valence-electron chi connectivity index (χ2n) is 4.36. The Hall–Kier alpha value is -2.64. The molecule has 0 saturated heterocycles. The Kier molecular flexibility index (Phi) is 3.83. The third-order valence-electron chi connectivity index (χ3n) is 2.45. The number of nitrogens with one attached hydrogen (secondary N) is 1. The zero-order chi connectivity index (χ0) is 14.7. The van der Waals surface area contributed by atoms with E-state index in [2.05, 4.69) is 15.0 Å². The molecule has 0 amide bonds. The Morgan fingerprint density at radius 1 is 1.60 bits per heavy atom. The van der Waals surface area contributed by atoms with Gasteiger partial charge in [-0.2, -0.15) is 0 Å². The number of nitrogens with zero attached hydrogens (tertiary/aromatic N) is 4. The third-order valence-corrected chi connectivity index (χ3v) is 2.45. The topological polar surface area (TPSA) is 92.6 Å². The second-order valence-corrected chi connectivity index (χ2v) is 4.36. The SMILES string of the molecule is CC(=O)OCn1c(/N=C/N(C)C)nc2cc[nH]c2c1=O. The molecule has 2 aromatic rings. The molecule has 8 heteroatoms. The highest BCUT2D eigenvalue weighted by Crippen LogP contribution is 2.12. The van der Waals surface area contributed by atoms with Crippen LogP contribution in [-0.4, -0.2) is 45.8 Å². The zero-order valence-corrected chi connectivity index (χ0v) is 11.5. The van der Waals surface area contributed by atoms with Gasteiger partial charge in [0.2, 0.25) is 5.95 Å². The molecular weight excluding hydrogens is 262 g/mol. The molecule has 0 aliphatic heterocycles. The minimum atomic E-state index is -0.481. The number of esters is 1. The molecular formula is C12H15N5O3. The van der Waals surface area contributed by atoms with E-state index in [4.69, 9.17) is 4.74 Å². The van der Waals surface area contributed by atoms with Crippen LogP contribution in [0.4, 0.5) is 5.95 Å². The fourth-order valence-electron chi connectivity index (χ4n) is 1.56. The normalized spacial score (nSPS) is 11.2. The van der Waals surface area contributed by atoms with Crippen LogP contribution in [0.25, 0.3) is 11.0 Å². The van der Waals surface area contributed by atoms with Crippen molar-refractivity contribution in [3.63, 3.8) is 0 Å². The first-order valence-corrected chi connectivity index (χ1v) is 5.91. The van der Waals surface area contributed by atoms with E-state index >= 15 is 0 Å². The summed E-state index contributed by atoms with van der Waals surface area (Å²) in [4.78, 5) is 36.1. The lowest BCUT2D eigenvalue weighted by Crippen LogP contribution is -2.24. The summed E-state index contributed by atoms with van der Waals surface area (Å²) in [6.45, 7) is 1.05. The first-order valence-electron chi connectivity index (χ1n) is 5.91. The molecule has 2 heterocycles. The number of aromatic amines is 1. The Morgan fingerprint density at radius 3 is 3.00 bits per heavy atom. The van der Waals surface area contributed by atoms with E-state index < -0.39 is 5.97 Å². The smallest absolute Gasteiger partial charge is 0.304 e. The van der Waals surface area contributed by atoms with Crippen molar-refractivity contribution in [3.05, 3.63) is 22.6 Å². The Balaban J connectivity index is 2.53. The van der Waals surface area contributed by atoms with Gasteiger partial charge in [-0.05, 0) is 6.07 Å². The molecule has 0 aromatic carbocycles. The van der Waals surface area contributed by atoms with E-state index in [0.717, 1.165) is 0 Å². The first kappa shape index (κ1) is 13.8. The average Bonchev–Trinajstić information content (AvgIpc) is 2.83. The molecule has 2 aromatic heterocycles. The van der Waals surface area contributed by atoms with Gasteiger partial charge in [0, 0.05) is 27.2 Å². The number of H-pyrrole nitrogens is 1. The van der Waals surface area contributed by atoms with Gasteiger partial charge in [-0.15, -0.1) is 0 Å². The number of carbonyl (C=O) groups excluding carboxylic acids is 1. The molecule has 0 aliphatic rings. The van der Waals surface area contributed by atoms with E-state index in [-0.39, 0.29) is 18.2 Å². The fourth-order valence-corrected chi connectivity index (χ4v) is 1.56. The molecule has 106 valence electrons. The number of aliphatic imine (C=N–C) groups is 1. The van der Waals surface area contributed by atoms with Crippen molar-refractivity contribution < 1.29 is 9.53 Å². The predicted octanol–water partition coefficient (Wildman–Crippen LogP) is 0.467. The van der Waals surface area contributed by atoms with Crippen molar-refractivity contribution in [1.29, 1.82) is 0 Å². The summed E-state index contributed by atoms with van der Waals surface area (Å²) in [5, 5.41) is 0. The molecule has 0 radical (unpaired) electrons. The van der Waals surface area contributed by atoms with Gasteiger partial charge < -0.3 is 14.6 Å². The number of hydrogen-bond acceptors (Lipinski definition) is 5. The zero-order valence-electron chi connectivity index (χ0n) is 11.5. The summed E-state index contributed by atoms with van der Waals surface area (Å²) < 4.78 is 6.06. The van der Waals surface area contributed by atoms with Gasteiger partial charge in [0.05, 0.1) is 11.9 Å². The van der Waals surface area contributed by atoms with Gasteiger partial charge in [-0.25, -0.2) is 14.5 Å². The standard InChI is InChI=1S/C12H15N5O3/c1-8(18)20-7-17-11(19)10-9(4-5-13-10)15-12(17)14-6-16(2)3/h4-6,13H,7H2,1-3H3/b14-6+. The van der Waals surface area contributed by atoms with Crippen LogP contribution in [0.1, 0.15) is 6.92 Å². The summed E-state index contributed by atoms with van der Waals surface area (Å²) in [7, 11) is 3.60. The summed E-state index contributed by atoms with van der Waals surface area (Å²) in [5.41, 5.74) is 0.521. The number of rotatable bonds is 4. The number of aromatic nitrogens is 3. The summed E-state index contributed by atoms with van der Waals surface area (Å²) >= 11 is 0. The molecule has 2 rings (SSSR count). The number of fused-ring (bicyclic) bond motifs is 1. The molecule has 0 spiro atoms. The lowest BCUT2D eigenvalue weighted by molar-refractivity contribution is -0.144. The van der Waals surface area contributed by atoms with Gasteiger partial charge >= 0.3 is 5.97 Å². The Labute approximate surface area is 114 Å². The van der Waals surface area contributed by atoms with Crippen molar-refractivity contribution in [1.82, 2.24) is 19.4 Å². The molecule has 0 atom stereocenters. The molecule has 0 bridgehead atoms. The van der Waals surface area contributed by atoms with E-state index in [1.165, 1.54) is 17.8 Å². The van der Waals surface area contributed by atoms with Crippen molar-refractivity contribution in [3.8, 4) is 0 Å². The maximum atomic E-state index is 12.3. The second kappa shape index (κ2) is 5.55. The van der Waals surface area contributed by atoms with Crippen LogP contribution in [0.5, 0.6) is 0 Å². The van der Waals surface area contributed by atoms with Gasteiger partial charge in [-0.3, -0.25) is 9.59 Å². The molecule has 0 fully saturated rings. The molecule has 0 saturated carbocycles. The van der Waals surface area contributed by atoms with Crippen molar-refractivity contribution in [2.45, 2.75) is 13.7 Å². The van der Waals surface area contributed by atoms with Crippen molar-refractivity contribution in [2.75, 3.05) is 14.1 Å². The lowest BCUT2D eigenvalue weighted by Gasteiger charge is -2.09. The van der Waals surface area contributed by atoms with Crippen LogP contribution in [0.2, 0.25) is 0 Å². The highest BCUT2D eigenvalue weighted by Gasteiger charge is 2.11. The van der Waals surface area contributed by atoms with Crippen molar-refractivity contribution in [2.24, 2.45) is 4.99 Å². The number of carbonyl (C=O) groups is 1. The van der Waals surface area contributed by atoms with Crippen LogP contribution in [0, 0.1) is 0 Å². The van der Waals surface area contributed by atoms with Crippen LogP contribution >= 0.6 is 0 Å². The van der Waals surface area contributed by atoms with Crippen LogP contribution in [0.3, 0.4) is 0 Å². The largest absolute Gasteiger partial charge is 0.444 e. The van der Waals surface area contributed by atoms with Crippen LogP contribution in [-0.2, 0) is 16.3 Å². The highest BCUT2D eigenvalue weighted by atomic mass is 16.5. The lowest BCUT2D eigenvalue weighted by atomic mass is 10.4. The van der Waals surface area contributed by atoms with Gasteiger partial charge in [0.15, 0.2) is 6.73 Å². The molecule has 8 nitrogen and oxygen atoms in total. The minimum Gasteiger partial charge on any atom is -0.444 e. The van der Waals surface area contributed by atoms with E-state index in [1.54, 1.807) is 31.3 Å². The van der Waals surface area contributed by atoms with Gasteiger partial charge in [0.1, 0.15) is 5.52 Å². The van der Waals surface area contributed by atoms with Crippen LogP contribution in [0.15, 0.2) is 22.1 Å². The monoisotopic (exact) mass is 277 g/mol.